The number of carbonyl (C=O) groups is 1. The Bertz CT molecular complexity index is 522. The lowest BCUT2D eigenvalue weighted by Gasteiger charge is -2.22. The predicted molar refractivity (Wildman–Crippen MR) is 73.1 cm³/mol. The van der Waals surface area contributed by atoms with Crippen molar-refractivity contribution in [1.82, 2.24) is 9.80 Å². The zero-order chi connectivity index (χ0) is 15.4. The lowest BCUT2D eigenvalue weighted by molar-refractivity contribution is -0.130. The van der Waals surface area contributed by atoms with Crippen LogP contribution in [0.3, 0.4) is 0 Å². The van der Waals surface area contributed by atoms with E-state index in [9.17, 15) is 18.0 Å². The van der Waals surface area contributed by atoms with Crippen LogP contribution >= 0.6 is 0 Å². The van der Waals surface area contributed by atoms with Crippen molar-refractivity contribution in [2.45, 2.75) is 26.3 Å². The summed E-state index contributed by atoms with van der Waals surface area (Å²) in [6.45, 7) is 4.61. The first-order valence-corrected chi connectivity index (χ1v) is 7.14. The summed E-state index contributed by atoms with van der Waals surface area (Å²) in [4.78, 5) is 15.4. The van der Waals surface area contributed by atoms with E-state index in [1.807, 2.05) is 11.8 Å². The molecule has 1 aromatic rings. The maximum Gasteiger partial charge on any atom is 0.222 e. The molecular formula is C15H19F3N2O. The number of hydrogen-bond acceptors (Lipinski definition) is 2. The Balaban J connectivity index is 2.01. The molecule has 0 aliphatic carbocycles. The van der Waals surface area contributed by atoms with Crippen LogP contribution in [0.2, 0.25) is 0 Å². The van der Waals surface area contributed by atoms with Crippen LogP contribution in [0.1, 0.15) is 25.3 Å². The second-order valence-corrected chi connectivity index (χ2v) is 5.22. The number of nitrogens with zero attached hydrogens (tertiary/aromatic N) is 2. The van der Waals surface area contributed by atoms with Crippen molar-refractivity contribution in [2.75, 3.05) is 26.2 Å². The third kappa shape index (κ3) is 3.97. The van der Waals surface area contributed by atoms with Crippen LogP contribution in [0, 0.1) is 17.5 Å². The number of halogens is 3. The molecular weight excluding hydrogens is 281 g/mol. The van der Waals surface area contributed by atoms with Gasteiger partial charge in [-0.05, 0) is 12.5 Å². The molecule has 0 N–H and O–H groups in total. The quantitative estimate of drug-likeness (QED) is 0.801. The van der Waals surface area contributed by atoms with Gasteiger partial charge in [-0.1, -0.05) is 6.92 Å². The summed E-state index contributed by atoms with van der Waals surface area (Å²) < 4.78 is 39.8. The van der Waals surface area contributed by atoms with Crippen molar-refractivity contribution < 1.29 is 18.0 Å². The van der Waals surface area contributed by atoms with Gasteiger partial charge in [0, 0.05) is 50.8 Å². The van der Waals surface area contributed by atoms with E-state index in [4.69, 9.17) is 0 Å². The Morgan fingerprint density at radius 1 is 1.05 bits per heavy atom. The third-order valence-electron chi connectivity index (χ3n) is 3.73. The molecule has 0 spiro atoms. The highest BCUT2D eigenvalue weighted by Gasteiger charge is 2.19. The SMILES string of the molecule is CCC(=O)N1CCCN(Cc2cc(F)c(F)cc2F)CC1. The standard InChI is InChI=1S/C15H19F3N2O/c1-2-15(21)20-5-3-4-19(6-7-20)10-11-8-13(17)14(18)9-12(11)16/h8-9H,2-7,10H2,1H3. The van der Waals surface area contributed by atoms with E-state index in [0.717, 1.165) is 12.5 Å². The van der Waals surface area contributed by atoms with Crippen molar-refractivity contribution >= 4 is 5.91 Å². The summed E-state index contributed by atoms with van der Waals surface area (Å²) in [5, 5.41) is 0. The van der Waals surface area contributed by atoms with Crippen LogP contribution in [0.4, 0.5) is 13.2 Å². The van der Waals surface area contributed by atoms with Gasteiger partial charge in [0.2, 0.25) is 5.91 Å². The fraction of sp³-hybridized carbons (Fsp3) is 0.533. The lowest BCUT2D eigenvalue weighted by atomic mass is 10.2. The van der Waals surface area contributed by atoms with Crippen molar-refractivity contribution in [3.8, 4) is 0 Å². The number of hydrogen-bond donors (Lipinski definition) is 0. The zero-order valence-corrected chi connectivity index (χ0v) is 12.0. The van der Waals surface area contributed by atoms with Crippen molar-refractivity contribution in [3.05, 3.63) is 35.1 Å². The van der Waals surface area contributed by atoms with Gasteiger partial charge in [-0.2, -0.15) is 0 Å². The highest BCUT2D eigenvalue weighted by atomic mass is 19.2. The van der Waals surface area contributed by atoms with Gasteiger partial charge in [-0.25, -0.2) is 13.2 Å². The highest BCUT2D eigenvalue weighted by Crippen LogP contribution is 2.17. The minimum Gasteiger partial charge on any atom is -0.341 e. The first-order valence-electron chi connectivity index (χ1n) is 7.14. The van der Waals surface area contributed by atoms with Crippen LogP contribution in [0.15, 0.2) is 12.1 Å². The summed E-state index contributed by atoms with van der Waals surface area (Å²) >= 11 is 0. The minimum absolute atomic E-state index is 0.107. The molecule has 0 atom stereocenters. The molecule has 3 nitrogen and oxygen atoms in total. The second-order valence-electron chi connectivity index (χ2n) is 5.22. The van der Waals surface area contributed by atoms with E-state index in [1.54, 1.807) is 4.90 Å². The Labute approximate surface area is 122 Å². The monoisotopic (exact) mass is 300 g/mol. The van der Waals surface area contributed by atoms with Gasteiger partial charge in [0.15, 0.2) is 11.6 Å². The molecule has 6 heteroatoms. The number of carbonyl (C=O) groups excluding carboxylic acids is 1. The van der Waals surface area contributed by atoms with Gasteiger partial charge in [-0.3, -0.25) is 9.69 Å². The lowest BCUT2D eigenvalue weighted by Crippen LogP contribution is -2.34. The fourth-order valence-electron chi connectivity index (χ4n) is 2.53. The number of amides is 1. The van der Waals surface area contributed by atoms with Crippen LogP contribution in [-0.4, -0.2) is 41.9 Å². The van der Waals surface area contributed by atoms with Gasteiger partial charge >= 0.3 is 0 Å². The summed E-state index contributed by atoms with van der Waals surface area (Å²) in [7, 11) is 0. The molecule has 0 saturated carbocycles. The zero-order valence-electron chi connectivity index (χ0n) is 12.0. The molecule has 21 heavy (non-hydrogen) atoms. The van der Waals surface area contributed by atoms with Gasteiger partial charge in [0.1, 0.15) is 5.82 Å². The molecule has 1 heterocycles. The maximum absolute atomic E-state index is 13.6. The van der Waals surface area contributed by atoms with Crippen molar-refractivity contribution in [3.63, 3.8) is 0 Å². The molecule has 0 bridgehead atoms. The van der Waals surface area contributed by atoms with Crippen molar-refractivity contribution in [1.29, 1.82) is 0 Å². The van der Waals surface area contributed by atoms with E-state index in [2.05, 4.69) is 0 Å². The molecule has 1 amide bonds. The topological polar surface area (TPSA) is 23.6 Å². The Hall–Kier alpha value is -1.56. The molecule has 0 radical (unpaired) electrons. The number of benzene rings is 1. The Morgan fingerprint density at radius 2 is 1.76 bits per heavy atom. The Morgan fingerprint density at radius 3 is 2.48 bits per heavy atom. The normalized spacial score (nSPS) is 16.9. The first kappa shape index (κ1) is 15.8. The Kier molecular flexibility index (Phi) is 5.22. The second kappa shape index (κ2) is 6.93. The summed E-state index contributed by atoms with van der Waals surface area (Å²) in [5.41, 5.74) is 0.143. The van der Waals surface area contributed by atoms with Gasteiger partial charge in [0.25, 0.3) is 0 Å². The van der Waals surface area contributed by atoms with Gasteiger partial charge in [-0.15, -0.1) is 0 Å². The molecule has 116 valence electrons. The molecule has 1 fully saturated rings. The maximum atomic E-state index is 13.6. The van der Waals surface area contributed by atoms with E-state index in [-0.39, 0.29) is 18.0 Å². The minimum atomic E-state index is -1.17. The van der Waals surface area contributed by atoms with Crippen LogP contribution in [-0.2, 0) is 11.3 Å². The molecule has 1 aliphatic heterocycles. The molecule has 1 saturated heterocycles. The van der Waals surface area contributed by atoms with Crippen LogP contribution in [0.5, 0.6) is 0 Å². The first-order chi connectivity index (χ1) is 10.0. The molecule has 1 aromatic carbocycles. The van der Waals surface area contributed by atoms with E-state index >= 15 is 0 Å². The molecule has 0 aromatic heterocycles. The van der Waals surface area contributed by atoms with Crippen LogP contribution < -0.4 is 0 Å². The van der Waals surface area contributed by atoms with E-state index in [1.165, 1.54) is 0 Å². The average Bonchev–Trinajstić information content (AvgIpc) is 2.69. The van der Waals surface area contributed by atoms with E-state index < -0.39 is 17.5 Å². The molecule has 1 aliphatic rings. The predicted octanol–water partition coefficient (Wildman–Crippen LogP) is 2.55. The third-order valence-corrected chi connectivity index (χ3v) is 3.73. The summed E-state index contributed by atoms with van der Waals surface area (Å²) in [5.74, 6) is -2.84. The summed E-state index contributed by atoms with van der Waals surface area (Å²) in [6.07, 6.45) is 1.26. The summed E-state index contributed by atoms with van der Waals surface area (Å²) in [6, 6.07) is 1.49. The highest BCUT2D eigenvalue weighted by molar-refractivity contribution is 5.75. The van der Waals surface area contributed by atoms with Crippen LogP contribution in [0.25, 0.3) is 0 Å². The van der Waals surface area contributed by atoms with Gasteiger partial charge < -0.3 is 4.90 Å². The molecule has 2 rings (SSSR count). The fourth-order valence-corrected chi connectivity index (χ4v) is 2.53. The smallest absolute Gasteiger partial charge is 0.222 e. The van der Waals surface area contributed by atoms with Crippen molar-refractivity contribution in [2.24, 2.45) is 0 Å². The number of rotatable bonds is 3. The molecule has 0 unspecified atom stereocenters. The average molecular weight is 300 g/mol. The van der Waals surface area contributed by atoms with E-state index in [0.29, 0.717) is 38.7 Å². The largest absolute Gasteiger partial charge is 0.341 e. The van der Waals surface area contributed by atoms with Gasteiger partial charge in [0.05, 0.1) is 0 Å².